The van der Waals surface area contributed by atoms with E-state index in [0.29, 0.717) is 13.1 Å². The lowest BCUT2D eigenvalue weighted by Gasteiger charge is -2.37. The molecule has 138 valence electrons. The van der Waals surface area contributed by atoms with Gasteiger partial charge in [0.15, 0.2) is 0 Å². The Bertz CT molecular complexity index is 752. The van der Waals surface area contributed by atoms with Crippen molar-refractivity contribution in [2.24, 2.45) is 0 Å². The van der Waals surface area contributed by atoms with Crippen LogP contribution in [0.5, 0.6) is 0 Å². The summed E-state index contributed by atoms with van der Waals surface area (Å²) in [6.45, 7) is 8.35. The molecule has 0 bridgehead atoms. The Kier molecular flexibility index (Phi) is 5.89. The van der Waals surface area contributed by atoms with Crippen molar-refractivity contribution in [2.45, 2.75) is 20.4 Å². The van der Waals surface area contributed by atoms with Gasteiger partial charge in [-0.25, -0.2) is 4.39 Å². The van der Waals surface area contributed by atoms with Crippen molar-refractivity contribution in [2.75, 3.05) is 37.6 Å². The maximum absolute atomic E-state index is 12.9. The topological polar surface area (TPSA) is 35.6 Å². The van der Waals surface area contributed by atoms with Crippen molar-refractivity contribution < 1.29 is 9.18 Å². The first kappa shape index (κ1) is 18.4. The molecule has 1 aliphatic heterocycles. The molecule has 1 saturated heterocycles. The van der Waals surface area contributed by atoms with E-state index in [-0.39, 0.29) is 11.7 Å². The summed E-state index contributed by atoms with van der Waals surface area (Å²) in [4.78, 5) is 16.7. The van der Waals surface area contributed by atoms with Crippen LogP contribution >= 0.6 is 0 Å². The van der Waals surface area contributed by atoms with Crippen LogP contribution in [0, 0.1) is 19.7 Å². The Morgan fingerprint density at radius 1 is 1.04 bits per heavy atom. The summed E-state index contributed by atoms with van der Waals surface area (Å²) in [5.74, 6) is -0.126. The summed E-state index contributed by atoms with van der Waals surface area (Å²) >= 11 is 0. The Balaban J connectivity index is 1.46. The number of amides is 1. The fourth-order valence-electron chi connectivity index (χ4n) is 3.30. The van der Waals surface area contributed by atoms with E-state index in [1.807, 2.05) is 4.90 Å². The van der Waals surface area contributed by atoms with Crippen molar-refractivity contribution >= 4 is 11.6 Å². The van der Waals surface area contributed by atoms with Gasteiger partial charge in [-0.15, -0.1) is 0 Å². The Labute approximate surface area is 154 Å². The largest absolute Gasteiger partial charge is 0.368 e. The Morgan fingerprint density at radius 2 is 1.73 bits per heavy atom. The molecule has 1 aliphatic rings. The van der Waals surface area contributed by atoms with E-state index in [9.17, 15) is 9.18 Å². The summed E-state index contributed by atoms with van der Waals surface area (Å²) in [5.41, 5.74) is 4.85. The molecule has 0 atom stereocenters. The maximum atomic E-state index is 12.9. The van der Waals surface area contributed by atoms with Gasteiger partial charge in [-0.1, -0.05) is 24.3 Å². The third-order valence-electron chi connectivity index (χ3n) is 5.07. The number of nitrogens with zero attached hydrogens (tertiary/aromatic N) is 2. The summed E-state index contributed by atoms with van der Waals surface area (Å²) in [6, 6.07) is 12.7. The number of rotatable bonds is 5. The lowest BCUT2D eigenvalue weighted by Crippen LogP contribution is -2.51. The minimum Gasteiger partial charge on any atom is -0.368 e. The number of piperazine rings is 1. The van der Waals surface area contributed by atoms with Crippen LogP contribution in [0.1, 0.15) is 16.7 Å². The SMILES string of the molecule is Cc1cccc(N2CCN(C(=O)CNCc3ccc(F)cc3)CC2)c1C. The molecule has 0 spiro atoms. The number of aryl methyl sites for hydroxylation is 1. The number of benzene rings is 2. The molecule has 1 N–H and O–H groups in total. The highest BCUT2D eigenvalue weighted by Gasteiger charge is 2.21. The van der Waals surface area contributed by atoms with Gasteiger partial charge in [0.25, 0.3) is 0 Å². The van der Waals surface area contributed by atoms with Gasteiger partial charge in [0, 0.05) is 38.4 Å². The minimum atomic E-state index is -0.244. The first-order valence-corrected chi connectivity index (χ1v) is 9.08. The number of halogens is 1. The van der Waals surface area contributed by atoms with Gasteiger partial charge in [-0.2, -0.15) is 0 Å². The monoisotopic (exact) mass is 355 g/mol. The average Bonchev–Trinajstić information content (AvgIpc) is 2.66. The molecule has 26 heavy (non-hydrogen) atoms. The molecular weight excluding hydrogens is 329 g/mol. The van der Waals surface area contributed by atoms with E-state index in [0.717, 1.165) is 31.7 Å². The Morgan fingerprint density at radius 3 is 2.42 bits per heavy atom. The van der Waals surface area contributed by atoms with Crippen LogP contribution in [0.4, 0.5) is 10.1 Å². The smallest absolute Gasteiger partial charge is 0.236 e. The van der Waals surface area contributed by atoms with Gasteiger partial charge in [-0.3, -0.25) is 4.79 Å². The number of carbonyl (C=O) groups is 1. The van der Waals surface area contributed by atoms with Crippen LogP contribution in [0.25, 0.3) is 0 Å². The van der Waals surface area contributed by atoms with Crippen molar-refractivity contribution in [3.63, 3.8) is 0 Å². The number of hydrogen-bond donors (Lipinski definition) is 1. The molecule has 2 aromatic rings. The molecule has 1 fully saturated rings. The van der Waals surface area contributed by atoms with Crippen LogP contribution in [0.3, 0.4) is 0 Å². The molecule has 1 heterocycles. The maximum Gasteiger partial charge on any atom is 0.236 e. The van der Waals surface area contributed by atoms with Gasteiger partial charge in [-0.05, 0) is 48.7 Å². The first-order chi connectivity index (χ1) is 12.5. The van der Waals surface area contributed by atoms with Gasteiger partial charge in [0.05, 0.1) is 6.54 Å². The van der Waals surface area contributed by atoms with Crippen LogP contribution in [0.2, 0.25) is 0 Å². The summed E-state index contributed by atoms with van der Waals surface area (Å²) in [5, 5.41) is 3.15. The second-order valence-electron chi connectivity index (χ2n) is 6.82. The highest BCUT2D eigenvalue weighted by molar-refractivity contribution is 5.78. The summed E-state index contributed by atoms with van der Waals surface area (Å²) in [7, 11) is 0. The molecule has 3 rings (SSSR count). The third-order valence-corrected chi connectivity index (χ3v) is 5.07. The van der Waals surface area contributed by atoms with E-state index >= 15 is 0 Å². The fraction of sp³-hybridized carbons (Fsp3) is 0.381. The van der Waals surface area contributed by atoms with E-state index in [1.54, 1.807) is 12.1 Å². The predicted molar refractivity (Wildman–Crippen MR) is 103 cm³/mol. The molecule has 0 aliphatic carbocycles. The van der Waals surface area contributed by atoms with Gasteiger partial charge >= 0.3 is 0 Å². The Hall–Kier alpha value is -2.40. The van der Waals surface area contributed by atoms with E-state index in [2.05, 4.69) is 42.3 Å². The normalized spacial score (nSPS) is 14.6. The average molecular weight is 355 g/mol. The molecule has 4 nitrogen and oxygen atoms in total. The zero-order chi connectivity index (χ0) is 18.5. The quantitative estimate of drug-likeness (QED) is 0.896. The summed E-state index contributed by atoms with van der Waals surface area (Å²) in [6.07, 6.45) is 0. The molecule has 2 aromatic carbocycles. The molecule has 1 amide bonds. The minimum absolute atomic E-state index is 0.118. The lowest BCUT2D eigenvalue weighted by molar-refractivity contribution is -0.130. The fourth-order valence-corrected chi connectivity index (χ4v) is 3.30. The van der Waals surface area contributed by atoms with Gasteiger partial charge < -0.3 is 15.1 Å². The van der Waals surface area contributed by atoms with E-state index < -0.39 is 0 Å². The molecule has 0 saturated carbocycles. The number of nitrogens with one attached hydrogen (secondary N) is 1. The number of anilines is 1. The standard InChI is InChI=1S/C21H26FN3O/c1-16-4-3-5-20(17(16)2)24-10-12-25(13-11-24)21(26)15-23-14-18-6-8-19(22)9-7-18/h3-9,23H,10-15H2,1-2H3. The van der Waals surface area contributed by atoms with Crippen molar-refractivity contribution in [1.82, 2.24) is 10.2 Å². The van der Waals surface area contributed by atoms with Gasteiger partial charge in [0.2, 0.25) is 5.91 Å². The summed E-state index contributed by atoms with van der Waals surface area (Å²) < 4.78 is 12.9. The zero-order valence-electron chi connectivity index (χ0n) is 15.5. The van der Waals surface area contributed by atoms with E-state index in [1.165, 1.54) is 28.9 Å². The lowest BCUT2D eigenvalue weighted by atomic mass is 10.1. The van der Waals surface area contributed by atoms with Crippen LogP contribution in [0.15, 0.2) is 42.5 Å². The number of carbonyl (C=O) groups excluding carboxylic acids is 1. The predicted octanol–water partition coefficient (Wildman–Crippen LogP) is 2.88. The second-order valence-corrected chi connectivity index (χ2v) is 6.82. The number of hydrogen-bond acceptors (Lipinski definition) is 3. The second kappa shape index (κ2) is 8.32. The molecule has 5 heteroatoms. The molecular formula is C21H26FN3O. The highest BCUT2D eigenvalue weighted by Crippen LogP contribution is 2.23. The van der Waals surface area contributed by atoms with Crippen LogP contribution in [-0.4, -0.2) is 43.5 Å². The van der Waals surface area contributed by atoms with Gasteiger partial charge in [0.1, 0.15) is 5.82 Å². The highest BCUT2D eigenvalue weighted by atomic mass is 19.1. The van der Waals surface area contributed by atoms with Crippen LogP contribution < -0.4 is 10.2 Å². The first-order valence-electron chi connectivity index (χ1n) is 9.08. The van der Waals surface area contributed by atoms with Crippen molar-refractivity contribution in [3.05, 3.63) is 65.0 Å². The molecule has 0 radical (unpaired) electrons. The van der Waals surface area contributed by atoms with Crippen molar-refractivity contribution in [1.29, 1.82) is 0 Å². The zero-order valence-corrected chi connectivity index (χ0v) is 15.5. The molecule has 0 aromatic heterocycles. The van der Waals surface area contributed by atoms with E-state index in [4.69, 9.17) is 0 Å². The van der Waals surface area contributed by atoms with Crippen molar-refractivity contribution in [3.8, 4) is 0 Å². The third kappa shape index (κ3) is 4.41. The molecule has 0 unspecified atom stereocenters. The van der Waals surface area contributed by atoms with Crippen LogP contribution in [-0.2, 0) is 11.3 Å².